The summed E-state index contributed by atoms with van der Waals surface area (Å²) < 4.78 is 1.18. The maximum atomic E-state index is 10.7. The van der Waals surface area contributed by atoms with Crippen molar-refractivity contribution in [3.8, 4) is 0 Å². The van der Waals surface area contributed by atoms with Crippen LogP contribution < -0.4 is 0 Å². The highest BCUT2D eigenvalue weighted by molar-refractivity contribution is 14.1. The molecule has 0 aliphatic heterocycles. The average molecular weight is 333 g/mol. The number of rotatable bonds is 5. The molecule has 4 heteroatoms. The van der Waals surface area contributed by atoms with Crippen LogP contribution in [-0.4, -0.2) is 28.6 Å². The zero-order chi connectivity index (χ0) is 12.1. The monoisotopic (exact) mass is 333 g/mol. The van der Waals surface area contributed by atoms with Gasteiger partial charge in [-0.15, -0.1) is 0 Å². The highest BCUT2D eigenvalue weighted by Gasteiger charge is 2.13. The molecule has 0 bridgehead atoms. The molecule has 0 radical (unpaired) electrons. The van der Waals surface area contributed by atoms with E-state index in [1.165, 1.54) is 3.57 Å². The molecule has 0 saturated heterocycles. The summed E-state index contributed by atoms with van der Waals surface area (Å²) in [7, 11) is 0. The lowest BCUT2D eigenvalue weighted by atomic mass is 10.2. The van der Waals surface area contributed by atoms with E-state index in [1.54, 1.807) is 0 Å². The molecule has 3 nitrogen and oxygen atoms in total. The first-order valence-electron chi connectivity index (χ1n) is 5.19. The van der Waals surface area contributed by atoms with Gasteiger partial charge >= 0.3 is 5.97 Å². The van der Waals surface area contributed by atoms with Gasteiger partial charge in [0.1, 0.15) is 0 Å². The summed E-state index contributed by atoms with van der Waals surface area (Å²) in [6.45, 7) is 4.79. The highest BCUT2D eigenvalue weighted by atomic mass is 127. The molecule has 0 unspecified atom stereocenters. The molecule has 0 amide bonds. The topological polar surface area (TPSA) is 40.5 Å². The van der Waals surface area contributed by atoms with Gasteiger partial charge in [0.25, 0.3) is 0 Å². The Morgan fingerprint density at radius 1 is 1.50 bits per heavy atom. The summed E-state index contributed by atoms with van der Waals surface area (Å²) in [5.74, 6) is -0.778. The van der Waals surface area contributed by atoms with E-state index in [1.807, 2.05) is 36.9 Å². The minimum Gasteiger partial charge on any atom is -0.480 e. The fourth-order valence-electron chi connectivity index (χ4n) is 1.46. The number of nitrogens with zero attached hydrogens (tertiary/aromatic N) is 1. The number of hydrogen-bond donors (Lipinski definition) is 1. The highest BCUT2D eigenvalue weighted by Crippen LogP contribution is 2.11. The summed E-state index contributed by atoms with van der Waals surface area (Å²) in [5, 5.41) is 8.82. The normalized spacial score (nSPS) is 11.1. The molecule has 0 fully saturated rings. The fraction of sp³-hybridized carbons (Fsp3) is 0.417. The molecule has 0 heterocycles. The first kappa shape index (κ1) is 13.4. The average Bonchev–Trinajstić information content (AvgIpc) is 2.15. The third-order valence-electron chi connectivity index (χ3n) is 2.34. The molecule has 1 aromatic carbocycles. The van der Waals surface area contributed by atoms with Crippen LogP contribution in [0.2, 0.25) is 0 Å². The van der Waals surface area contributed by atoms with Crippen molar-refractivity contribution in [2.45, 2.75) is 26.4 Å². The number of carboxylic acid groups (broad SMARTS) is 1. The first-order valence-corrected chi connectivity index (χ1v) is 6.27. The molecule has 0 atom stereocenters. The van der Waals surface area contributed by atoms with E-state index in [4.69, 9.17) is 5.11 Å². The molecule has 1 N–H and O–H groups in total. The molecule has 0 aromatic heterocycles. The van der Waals surface area contributed by atoms with E-state index in [0.29, 0.717) is 6.54 Å². The van der Waals surface area contributed by atoms with Crippen LogP contribution in [0.15, 0.2) is 24.3 Å². The summed E-state index contributed by atoms with van der Waals surface area (Å²) in [6.07, 6.45) is 0. The van der Waals surface area contributed by atoms with Gasteiger partial charge in [0.05, 0.1) is 6.54 Å². The van der Waals surface area contributed by atoms with Gasteiger partial charge in [-0.05, 0) is 54.1 Å². The molecule has 1 rings (SSSR count). The van der Waals surface area contributed by atoms with E-state index < -0.39 is 5.97 Å². The van der Waals surface area contributed by atoms with Crippen LogP contribution in [0, 0.1) is 3.57 Å². The Labute approximate surface area is 110 Å². The van der Waals surface area contributed by atoms with Crippen molar-refractivity contribution in [1.29, 1.82) is 0 Å². The Balaban J connectivity index is 2.71. The molecule has 0 aliphatic rings. The van der Waals surface area contributed by atoms with Crippen molar-refractivity contribution in [2.24, 2.45) is 0 Å². The zero-order valence-corrected chi connectivity index (χ0v) is 11.6. The SMILES string of the molecule is CC(C)N(CC(=O)O)Cc1cccc(I)c1. The maximum absolute atomic E-state index is 10.7. The maximum Gasteiger partial charge on any atom is 0.317 e. The van der Waals surface area contributed by atoms with E-state index in [0.717, 1.165) is 5.56 Å². The minimum absolute atomic E-state index is 0.0864. The third-order valence-corrected chi connectivity index (χ3v) is 3.01. The van der Waals surface area contributed by atoms with Gasteiger partial charge in [-0.1, -0.05) is 12.1 Å². The lowest BCUT2D eigenvalue weighted by molar-refractivity contribution is -0.138. The van der Waals surface area contributed by atoms with Gasteiger partial charge in [-0.2, -0.15) is 0 Å². The summed E-state index contributed by atoms with van der Waals surface area (Å²) in [4.78, 5) is 12.7. The number of halogens is 1. The Bertz CT molecular complexity index is 366. The second kappa shape index (κ2) is 6.20. The van der Waals surface area contributed by atoms with Crippen LogP contribution >= 0.6 is 22.6 Å². The molecular weight excluding hydrogens is 317 g/mol. The molecule has 16 heavy (non-hydrogen) atoms. The van der Waals surface area contributed by atoms with Gasteiger partial charge in [0, 0.05) is 16.2 Å². The van der Waals surface area contributed by atoms with Crippen LogP contribution in [0.1, 0.15) is 19.4 Å². The molecule has 0 saturated carbocycles. The largest absolute Gasteiger partial charge is 0.480 e. The first-order chi connectivity index (χ1) is 7.49. The lowest BCUT2D eigenvalue weighted by Crippen LogP contribution is -2.35. The molecule has 1 aromatic rings. The van der Waals surface area contributed by atoms with Crippen molar-refractivity contribution in [3.05, 3.63) is 33.4 Å². The van der Waals surface area contributed by atoms with E-state index >= 15 is 0 Å². The molecular formula is C12H16INO2. The summed E-state index contributed by atoms with van der Waals surface area (Å²) in [5.41, 5.74) is 1.15. The van der Waals surface area contributed by atoms with Gasteiger partial charge in [-0.3, -0.25) is 9.69 Å². The van der Waals surface area contributed by atoms with Crippen molar-refractivity contribution in [2.75, 3.05) is 6.54 Å². The van der Waals surface area contributed by atoms with Gasteiger partial charge < -0.3 is 5.11 Å². The Morgan fingerprint density at radius 2 is 2.19 bits per heavy atom. The number of aliphatic carboxylic acids is 1. The number of carboxylic acids is 1. The third kappa shape index (κ3) is 4.49. The summed E-state index contributed by atoms with van der Waals surface area (Å²) in [6, 6.07) is 8.36. The fourth-order valence-corrected chi connectivity index (χ4v) is 2.07. The standard InChI is InChI=1S/C12H16INO2/c1-9(2)14(8-12(15)16)7-10-4-3-5-11(13)6-10/h3-6,9H,7-8H2,1-2H3,(H,15,16). The van der Waals surface area contributed by atoms with E-state index in [9.17, 15) is 4.79 Å². The molecule has 88 valence electrons. The smallest absolute Gasteiger partial charge is 0.317 e. The Morgan fingerprint density at radius 3 is 2.69 bits per heavy atom. The molecule has 0 aliphatic carbocycles. The van der Waals surface area contributed by atoms with Crippen molar-refractivity contribution in [3.63, 3.8) is 0 Å². The Kier molecular flexibility index (Phi) is 5.21. The molecule has 0 spiro atoms. The number of hydrogen-bond acceptors (Lipinski definition) is 2. The van der Waals surface area contributed by atoms with Gasteiger partial charge in [-0.25, -0.2) is 0 Å². The Hall–Kier alpha value is -0.620. The number of carbonyl (C=O) groups is 1. The van der Waals surface area contributed by atoms with Crippen LogP contribution in [0.5, 0.6) is 0 Å². The summed E-state index contributed by atoms with van der Waals surface area (Å²) >= 11 is 2.26. The van der Waals surface area contributed by atoms with Crippen LogP contribution in [0.3, 0.4) is 0 Å². The van der Waals surface area contributed by atoms with Gasteiger partial charge in [0.15, 0.2) is 0 Å². The van der Waals surface area contributed by atoms with Crippen molar-refractivity contribution < 1.29 is 9.90 Å². The van der Waals surface area contributed by atoms with Crippen LogP contribution in [-0.2, 0) is 11.3 Å². The predicted octanol–water partition coefficient (Wildman–Crippen LogP) is 2.59. The second-order valence-corrected chi connectivity index (χ2v) is 5.27. The quantitative estimate of drug-likeness (QED) is 0.842. The van der Waals surface area contributed by atoms with Crippen molar-refractivity contribution in [1.82, 2.24) is 4.90 Å². The van der Waals surface area contributed by atoms with E-state index in [2.05, 4.69) is 28.7 Å². The van der Waals surface area contributed by atoms with E-state index in [-0.39, 0.29) is 12.6 Å². The minimum atomic E-state index is -0.778. The van der Waals surface area contributed by atoms with Crippen LogP contribution in [0.4, 0.5) is 0 Å². The van der Waals surface area contributed by atoms with Crippen molar-refractivity contribution >= 4 is 28.6 Å². The number of benzene rings is 1. The van der Waals surface area contributed by atoms with Crippen LogP contribution in [0.25, 0.3) is 0 Å². The predicted molar refractivity (Wildman–Crippen MR) is 72.3 cm³/mol. The van der Waals surface area contributed by atoms with Gasteiger partial charge in [0.2, 0.25) is 0 Å². The second-order valence-electron chi connectivity index (χ2n) is 4.02. The zero-order valence-electron chi connectivity index (χ0n) is 9.48. The lowest BCUT2D eigenvalue weighted by Gasteiger charge is -2.24.